The predicted molar refractivity (Wildman–Crippen MR) is 119 cm³/mol. The van der Waals surface area contributed by atoms with Gasteiger partial charge in [-0.25, -0.2) is 9.49 Å². The second kappa shape index (κ2) is 11.1. The van der Waals surface area contributed by atoms with E-state index in [1.54, 1.807) is 13.0 Å². The Morgan fingerprint density at radius 1 is 1.15 bits per heavy atom. The minimum absolute atomic E-state index is 0.00865. The second-order valence-electron chi connectivity index (χ2n) is 7.30. The fourth-order valence-electron chi connectivity index (χ4n) is 2.66. The number of aliphatic hydroxyl groups is 2. The Morgan fingerprint density at radius 2 is 1.91 bits per heavy atom. The Balaban J connectivity index is 1.89. The van der Waals surface area contributed by atoms with Gasteiger partial charge in [-0.2, -0.15) is 15.1 Å². The Hall–Kier alpha value is -3.22. The minimum Gasteiger partial charge on any atom is -0.475 e. The zero-order valence-electron chi connectivity index (χ0n) is 18.2. The summed E-state index contributed by atoms with van der Waals surface area (Å²) in [5.74, 6) is 0.564. The Morgan fingerprint density at radius 3 is 2.55 bits per heavy atom. The summed E-state index contributed by atoms with van der Waals surface area (Å²) in [6.07, 6.45) is 0.122. The van der Waals surface area contributed by atoms with E-state index in [0.717, 1.165) is 6.20 Å². The van der Waals surface area contributed by atoms with Crippen molar-refractivity contribution in [3.8, 4) is 11.8 Å². The van der Waals surface area contributed by atoms with E-state index in [4.69, 9.17) is 21.1 Å². The van der Waals surface area contributed by atoms with Crippen molar-refractivity contribution in [2.45, 2.75) is 39.0 Å². The van der Waals surface area contributed by atoms with Crippen LogP contribution in [0, 0.1) is 5.82 Å². The predicted octanol–water partition coefficient (Wildman–Crippen LogP) is 2.82. The summed E-state index contributed by atoms with van der Waals surface area (Å²) in [6.45, 7) is 4.65. The lowest BCUT2D eigenvalue weighted by Crippen LogP contribution is -2.26. The van der Waals surface area contributed by atoms with Gasteiger partial charge in [-0.3, -0.25) is 4.98 Å². The van der Waals surface area contributed by atoms with E-state index in [9.17, 15) is 14.6 Å². The first-order valence-electron chi connectivity index (χ1n) is 10.1. The van der Waals surface area contributed by atoms with Crippen LogP contribution in [-0.2, 0) is 0 Å². The van der Waals surface area contributed by atoms with E-state index in [-0.39, 0.29) is 28.8 Å². The number of aromatic amines is 1. The van der Waals surface area contributed by atoms with Crippen LogP contribution in [-0.4, -0.2) is 60.8 Å². The number of halogens is 2. The number of hydrogen-bond acceptors (Lipinski definition) is 10. The molecule has 13 heteroatoms. The van der Waals surface area contributed by atoms with Crippen LogP contribution in [0.2, 0.25) is 5.02 Å². The summed E-state index contributed by atoms with van der Waals surface area (Å²) in [5.41, 5.74) is 0.554. The number of aliphatic hydroxyl groups excluding tert-OH is 2. The van der Waals surface area contributed by atoms with Crippen molar-refractivity contribution in [3.05, 3.63) is 40.9 Å². The SMILES string of the molecule is CC(C)Oc1cc(Nc2nc(NC(C)c3ccc(F)cn3)nc(OC(CO)CO)c2Cl)n[nH]1. The highest BCUT2D eigenvalue weighted by molar-refractivity contribution is 6.34. The van der Waals surface area contributed by atoms with Crippen LogP contribution in [0.25, 0.3) is 0 Å². The third kappa shape index (κ3) is 6.63. The van der Waals surface area contributed by atoms with Crippen LogP contribution in [0.15, 0.2) is 24.4 Å². The van der Waals surface area contributed by atoms with Crippen LogP contribution in [0.5, 0.6) is 11.8 Å². The summed E-state index contributed by atoms with van der Waals surface area (Å²) in [4.78, 5) is 12.7. The Kier molecular flexibility index (Phi) is 8.20. The van der Waals surface area contributed by atoms with E-state index >= 15 is 0 Å². The van der Waals surface area contributed by atoms with Crippen LogP contribution in [0.4, 0.5) is 22.0 Å². The van der Waals surface area contributed by atoms with E-state index in [1.165, 1.54) is 12.1 Å². The molecule has 0 aliphatic rings. The van der Waals surface area contributed by atoms with Gasteiger partial charge in [0, 0.05) is 6.07 Å². The molecule has 1 unspecified atom stereocenters. The lowest BCUT2D eigenvalue weighted by Gasteiger charge is -2.19. The lowest BCUT2D eigenvalue weighted by molar-refractivity contribution is 0.0598. The molecule has 0 aliphatic carbocycles. The van der Waals surface area contributed by atoms with Crippen molar-refractivity contribution in [3.63, 3.8) is 0 Å². The Labute approximate surface area is 194 Å². The molecule has 33 heavy (non-hydrogen) atoms. The molecule has 0 saturated heterocycles. The molecule has 3 heterocycles. The standard InChI is InChI=1S/C20H25ClFN7O4/c1-10(2)32-16-6-15(28-29-16)25-18-17(21)19(33-13(8-30)9-31)27-20(26-18)24-11(3)14-5-4-12(22)7-23-14/h4-7,10-11,13,30-31H,8-9H2,1-3H3,(H3,24,25,26,27,28,29). The number of nitrogens with zero attached hydrogens (tertiary/aromatic N) is 4. The van der Waals surface area contributed by atoms with E-state index in [1.807, 2.05) is 13.8 Å². The van der Waals surface area contributed by atoms with Gasteiger partial charge in [0.2, 0.25) is 17.7 Å². The highest BCUT2D eigenvalue weighted by Gasteiger charge is 2.20. The van der Waals surface area contributed by atoms with Crippen LogP contribution in [0.1, 0.15) is 32.5 Å². The summed E-state index contributed by atoms with van der Waals surface area (Å²) in [5, 5.41) is 31.6. The van der Waals surface area contributed by atoms with E-state index in [0.29, 0.717) is 17.4 Å². The van der Waals surface area contributed by atoms with Gasteiger partial charge in [0.15, 0.2) is 11.6 Å². The van der Waals surface area contributed by atoms with Gasteiger partial charge in [-0.15, -0.1) is 0 Å². The number of ether oxygens (including phenoxy) is 2. The number of hydrogen-bond donors (Lipinski definition) is 5. The molecule has 178 valence electrons. The average molecular weight is 482 g/mol. The maximum absolute atomic E-state index is 13.2. The highest BCUT2D eigenvalue weighted by Crippen LogP contribution is 2.34. The largest absolute Gasteiger partial charge is 0.475 e. The van der Waals surface area contributed by atoms with Gasteiger partial charge in [0.05, 0.1) is 37.3 Å². The van der Waals surface area contributed by atoms with Gasteiger partial charge in [0.25, 0.3) is 0 Å². The minimum atomic E-state index is -0.939. The molecule has 0 amide bonds. The van der Waals surface area contributed by atoms with Gasteiger partial charge < -0.3 is 30.3 Å². The highest BCUT2D eigenvalue weighted by atomic mass is 35.5. The molecule has 3 aromatic rings. The zero-order chi connectivity index (χ0) is 24.0. The van der Waals surface area contributed by atoms with Crippen molar-refractivity contribution in [2.75, 3.05) is 23.8 Å². The number of H-pyrrole nitrogens is 1. The maximum atomic E-state index is 13.2. The maximum Gasteiger partial charge on any atom is 0.240 e. The molecule has 0 bridgehead atoms. The first kappa shape index (κ1) is 24.4. The first-order chi connectivity index (χ1) is 15.8. The van der Waals surface area contributed by atoms with Crippen molar-refractivity contribution < 1.29 is 24.1 Å². The number of pyridine rings is 1. The molecule has 0 aliphatic heterocycles. The van der Waals surface area contributed by atoms with Crippen molar-refractivity contribution in [2.24, 2.45) is 0 Å². The summed E-state index contributed by atoms with van der Waals surface area (Å²) in [7, 11) is 0. The van der Waals surface area contributed by atoms with Crippen molar-refractivity contribution in [1.29, 1.82) is 0 Å². The molecule has 11 nitrogen and oxygen atoms in total. The fraction of sp³-hybridized carbons (Fsp3) is 0.400. The molecule has 1 atom stereocenters. The molecular weight excluding hydrogens is 457 g/mol. The van der Waals surface area contributed by atoms with E-state index < -0.39 is 31.2 Å². The Bertz CT molecular complexity index is 1050. The number of rotatable bonds is 11. The molecular formula is C20H25ClFN7O4. The molecule has 0 aromatic carbocycles. The lowest BCUT2D eigenvalue weighted by atomic mass is 10.2. The second-order valence-corrected chi connectivity index (χ2v) is 7.67. The smallest absolute Gasteiger partial charge is 0.240 e. The van der Waals surface area contributed by atoms with Crippen LogP contribution < -0.4 is 20.1 Å². The summed E-state index contributed by atoms with van der Waals surface area (Å²) >= 11 is 6.42. The van der Waals surface area contributed by atoms with Gasteiger partial charge in [0.1, 0.15) is 16.9 Å². The zero-order valence-corrected chi connectivity index (χ0v) is 19.0. The van der Waals surface area contributed by atoms with E-state index in [2.05, 4.69) is 35.8 Å². The number of anilines is 3. The summed E-state index contributed by atoms with van der Waals surface area (Å²) < 4.78 is 24.3. The molecule has 0 saturated carbocycles. The van der Waals surface area contributed by atoms with Crippen LogP contribution in [0.3, 0.4) is 0 Å². The van der Waals surface area contributed by atoms with Gasteiger partial charge in [-0.05, 0) is 32.9 Å². The molecule has 3 aromatic heterocycles. The fourth-order valence-corrected chi connectivity index (χ4v) is 2.83. The molecule has 0 radical (unpaired) electrons. The van der Waals surface area contributed by atoms with Gasteiger partial charge >= 0.3 is 0 Å². The van der Waals surface area contributed by atoms with Gasteiger partial charge in [-0.1, -0.05) is 11.6 Å². The summed E-state index contributed by atoms with van der Waals surface area (Å²) in [6, 6.07) is 4.07. The first-order valence-corrected chi connectivity index (χ1v) is 10.5. The topological polar surface area (TPSA) is 150 Å². The monoisotopic (exact) mass is 481 g/mol. The molecule has 5 N–H and O–H groups in total. The molecule has 3 rings (SSSR count). The third-order valence-electron chi connectivity index (χ3n) is 4.21. The quantitative estimate of drug-likeness (QED) is 0.276. The van der Waals surface area contributed by atoms with Crippen molar-refractivity contribution in [1.82, 2.24) is 25.1 Å². The normalized spacial score (nSPS) is 12.2. The number of aromatic nitrogens is 5. The molecule has 0 fully saturated rings. The average Bonchev–Trinajstić information content (AvgIpc) is 3.21. The third-order valence-corrected chi connectivity index (χ3v) is 4.55. The van der Waals surface area contributed by atoms with Crippen LogP contribution >= 0.6 is 11.6 Å². The number of nitrogens with one attached hydrogen (secondary N) is 3. The van der Waals surface area contributed by atoms with Crippen molar-refractivity contribution >= 4 is 29.2 Å². The molecule has 0 spiro atoms.